The Kier molecular flexibility index (Phi) is 8.18. The van der Waals surface area contributed by atoms with Crippen molar-refractivity contribution in [2.45, 2.75) is 0 Å². The second kappa shape index (κ2) is 11.3. The lowest BCUT2D eigenvalue weighted by molar-refractivity contribution is -0.123. The van der Waals surface area contributed by atoms with Crippen molar-refractivity contribution in [1.82, 2.24) is 4.90 Å². The topological polar surface area (TPSA) is 72.9 Å². The van der Waals surface area contributed by atoms with Crippen molar-refractivity contribution in [3.05, 3.63) is 97.3 Å². The second-order valence-corrected chi connectivity index (χ2v) is 9.89. The summed E-state index contributed by atoms with van der Waals surface area (Å²) in [5, 5.41) is 0.593. The van der Waals surface area contributed by atoms with E-state index in [-0.39, 0.29) is 23.3 Å². The van der Waals surface area contributed by atoms with Gasteiger partial charge < -0.3 is 9.47 Å². The normalized spacial score (nSPS) is 14.5. The van der Waals surface area contributed by atoms with Crippen LogP contribution in [0.1, 0.15) is 15.9 Å². The molecule has 0 saturated carbocycles. The molecule has 0 spiro atoms. The molecule has 0 N–H and O–H groups in total. The van der Waals surface area contributed by atoms with Gasteiger partial charge in [0.15, 0.2) is 0 Å². The molecular weight excluding hydrogens is 577 g/mol. The molecule has 0 atom stereocenters. The molecule has 0 bridgehead atoms. The van der Waals surface area contributed by atoms with Gasteiger partial charge in [0, 0.05) is 5.02 Å². The summed E-state index contributed by atoms with van der Waals surface area (Å²) in [7, 11) is 0. The zero-order valence-electron chi connectivity index (χ0n) is 17.9. The summed E-state index contributed by atoms with van der Waals surface area (Å²) in [6.45, 7) is 0.213. The van der Waals surface area contributed by atoms with E-state index >= 15 is 0 Å². The molecule has 1 aliphatic heterocycles. The first-order valence-electron chi connectivity index (χ1n) is 10.2. The molecule has 0 aromatic heterocycles. The van der Waals surface area contributed by atoms with Gasteiger partial charge in [-0.05, 0) is 87.9 Å². The first-order valence-corrected chi connectivity index (χ1v) is 12.6. The number of hydrogen-bond donors (Lipinski definition) is 0. The van der Waals surface area contributed by atoms with E-state index in [1.165, 1.54) is 0 Å². The number of thioether (sulfide) groups is 1. The summed E-state index contributed by atoms with van der Waals surface area (Å²) in [5.41, 5.74) is 1.01. The van der Waals surface area contributed by atoms with Gasteiger partial charge in [0.1, 0.15) is 18.1 Å². The van der Waals surface area contributed by atoms with Gasteiger partial charge in [0.05, 0.1) is 26.5 Å². The summed E-state index contributed by atoms with van der Waals surface area (Å²) < 4.78 is 11.5. The summed E-state index contributed by atoms with van der Waals surface area (Å²) in [4.78, 5) is 38.9. The molecule has 35 heavy (non-hydrogen) atoms. The lowest BCUT2D eigenvalue weighted by Crippen LogP contribution is -2.32. The number of nitrogens with zero attached hydrogens (tertiary/aromatic N) is 1. The van der Waals surface area contributed by atoms with E-state index in [0.29, 0.717) is 37.1 Å². The number of imide groups is 1. The molecule has 6 nitrogen and oxygen atoms in total. The largest absolute Gasteiger partial charge is 0.490 e. The number of halogens is 3. The fourth-order valence-electron chi connectivity index (χ4n) is 3.09. The number of para-hydroxylation sites is 1. The number of rotatable bonds is 7. The van der Waals surface area contributed by atoms with Gasteiger partial charge in [0.2, 0.25) is 0 Å². The minimum atomic E-state index is -0.532. The van der Waals surface area contributed by atoms with E-state index in [1.807, 2.05) is 0 Å². The Hall–Kier alpha value is -2.78. The molecule has 0 radical (unpaired) electrons. The lowest BCUT2D eigenvalue weighted by atomic mass is 10.2. The van der Waals surface area contributed by atoms with Crippen LogP contribution in [-0.2, 0) is 4.79 Å². The van der Waals surface area contributed by atoms with Crippen LogP contribution in [0.2, 0.25) is 10.0 Å². The Morgan fingerprint density at radius 3 is 2.46 bits per heavy atom. The number of carbonyl (C=O) groups is 3. The van der Waals surface area contributed by atoms with Crippen molar-refractivity contribution in [2.24, 2.45) is 0 Å². The third-order valence-electron chi connectivity index (χ3n) is 4.82. The van der Waals surface area contributed by atoms with Crippen LogP contribution in [0.15, 0.2) is 76.1 Å². The zero-order chi connectivity index (χ0) is 24.9. The summed E-state index contributed by atoms with van der Waals surface area (Å²) in [5.74, 6) is -0.141. The number of benzene rings is 3. The Morgan fingerprint density at radius 2 is 1.74 bits per heavy atom. The molecule has 3 aromatic rings. The van der Waals surface area contributed by atoms with E-state index in [0.717, 1.165) is 16.7 Å². The van der Waals surface area contributed by atoms with Crippen LogP contribution >= 0.6 is 50.9 Å². The molecule has 3 aromatic carbocycles. The Morgan fingerprint density at radius 1 is 1.00 bits per heavy atom. The molecule has 1 aliphatic rings. The molecule has 0 unspecified atom stereocenters. The van der Waals surface area contributed by atoms with Crippen molar-refractivity contribution in [2.75, 3.05) is 13.2 Å². The van der Waals surface area contributed by atoms with Gasteiger partial charge in [0.25, 0.3) is 11.1 Å². The molecule has 10 heteroatoms. The van der Waals surface area contributed by atoms with Gasteiger partial charge in [-0.1, -0.05) is 41.4 Å². The van der Waals surface area contributed by atoms with Crippen LogP contribution in [0.4, 0.5) is 4.79 Å². The molecule has 178 valence electrons. The standard InChI is InChI=1S/C25H16BrCl2NO5S/c26-18-13-15(5-10-20(18)34-24(31)16-6-8-17(27)9-7-16)14-22-23(30)29(25(32)35-22)11-12-33-21-4-2-1-3-19(21)28/h1-10,13-14H,11-12H2/b22-14-. The average molecular weight is 593 g/mol. The summed E-state index contributed by atoms with van der Waals surface area (Å²) in [6, 6.07) is 18.3. The van der Waals surface area contributed by atoms with Crippen molar-refractivity contribution in [3.8, 4) is 11.5 Å². The maximum Gasteiger partial charge on any atom is 0.343 e. The summed E-state index contributed by atoms with van der Waals surface area (Å²) >= 11 is 16.1. The van der Waals surface area contributed by atoms with E-state index < -0.39 is 11.9 Å². The fourth-order valence-corrected chi connectivity index (χ4v) is 4.75. The van der Waals surface area contributed by atoms with Crippen LogP contribution in [0.5, 0.6) is 11.5 Å². The van der Waals surface area contributed by atoms with Crippen LogP contribution in [-0.4, -0.2) is 35.2 Å². The smallest absolute Gasteiger partial charge is 0.343 e. The van der Waals surface area contributed by atoms with Gasteiger partial charge in [-0.3, -0.25) is 14.5 Å². The van der Waals surface area contributed by atoms with Crippen LogP contribution in [0.3, 0.4) is 0 Å². The minimum Gasteiger partial charge on any atom is -0.490 e. The molecule has 1 fully saturated rings. The molecule has 1 saturated heterocycles. The van der Waals surface area contributed by atoms with E-state index in [4.69, 9.17) is 32.7 Å². The highest BCUT2D eigenvalue weighted by Crippen LogP contribution is 2.34. The number of carbonyl (C=O) groups excluding carboxylic acids is 3. The molecule has 0 aliphatic carbocycles. The van der Waals surface area contributed by atoms with Crippen molar-refractivity contribution in [1.29, 1.82) is 0 Å². The Balaban J connectivity index is 1.39. The van der Waals surface area contributed by atoms with Gasteiger partial charge in [-0.25, -0.2) is 4.79 Å². The first-order chi connectivity index (χ1) is 16.8. The molecule has 1 heterocycles. The maximum atomic E-state index is 12.8. The lowest BCUT2D eigenvalue weighted by Gasteiger charge is -2.13. The SMILES string of the molecule is O=C(Oc1ccc(/C=C2\SC(=O)N(CCOc3ccccc3Cl)C2=O)cc1Br)c1ccc(Cl)cc1. The Labute approximate surface area is 223 Å². The fraction of sp³-hybridized carbons (Fsp3) is 0.0800. The van der Waals surface area contributed by atoms with Gasteiger partial charge in [-0.2, -0.15) is 0 Å². The Bertz CT molecular complexity index is 1330. The van der Waals surface area contributed by atoms with Gasteiger partial charge >= 0.3 is 5.97 Å². The number of hydrogen-bond acceptors (Lipinski definition) is 6. The number of ether oxygens (including phenoxy) is 2. The van der Waals surface area contributed by atoms with E-state index in [2.05, 4.69) is 15.9 Å². The summed E-state index contributed by atoms with van der Waals surface area (Å²) in [6.07, 6.45) is 1.61. The van der Waals surface area contributed by atoms with Crippen LogP contribution in [0, 0.1) is 0 Å². The highest BCUT2D eigenvalue weighted by atomic mass is 79.9. The van der Waals surface area contributed by atoms with Crippen molar-refractivity contribution < 1.29 is 23.9 Å². The van der Waals surface area contributed by atoms with Crippen molar-refractivity contribution >= 4 is 74.1 Å². The first kappa shape index (κ1) is 25.3. The third kappa shape index (κ3) is 6.27. The molecule has 4 rings (SSSR count). The predicted molar refractivity (Wildman–Crippen MR) is 140 cm³/mol. The molecule has 2 amide bonds. The van der Waals surface area contributed by atoms with Crippen molar-refractivity contribution in [3.63, 3.8) is 0 Å². The monoisotopic (exact) mass is 591 g/mol. The third-order valence-corrected chi connectivity index (χ3v) is 6.91. The highest BCUT2D eigenvalue weighted by molar-refractivity contribution is 9.10. The number of amides is 2. The predicted octanol–water partition coefficient (Wildman–Crippen LogP) is 7.09. The van der Waals surface area contributed by atoms with Crippen LogP contribution < -0.4 is 9.47 Å². The van der Waals surface area contributed by atoms with Crippen LogP contribution in [0.25, 0.3) is 6.08 Å². The quantitative estimate of drug-likeness (QED) is 0.166. The zero-order valence-corrected chi connectivity index (χ0v) is 21.8. The average Bonchev–Trinajstić information content (AvgIpc) is 3.09. The number of esters is 1. The van der Waals surface area contributed by atoms with E-state index in [1.54, 1.807) is 72.8 Å². The van der Waals surface area contributed by atoms with E-state index in [9.17, 15) is 14.4 Å². The van der Waals surface area contributed by atoms with Gasteiger partial charge in [-0.15, -0.1) is 0 Å². The second-order valence-electron chi connectivity index (χ2n) is 7.20. The highest BCUT2D eigenvalue weighted by Gasteiger charge is 2.34. The molecular formula is C25H16BrCl2NO5S. The maximum absolute atomic E-state index is 12.8. The minimum absolute atomic E-state index is 0.0938.